The normalized spacial score (nSPS) is 20.4. The molecule has 0 saturated carbocycles. The topological polar surface area (TPSA) is 84.7 Å². The van der Waals surface area contributed by atoms with E-state index in [-0.39, 0.29) is 13.2 Å². The Morgan fingerprint density at radius 3 is 2.74 bits per heavy atom. The smallest absolute Gasteiger partial charge is 0.410 e. The van der Waals surface area contributed by atoms with Gasteiger partial charge in [0.05, 0.1) is 12.9 Å². The van der Waals surface area contributed by atoms with Crippen LogP contribution in [0.5, 0.6) is 0 Å². The van der Waals surface area contributed by atoms with Gasteiger partial charge in [0.15, 0.2) is 5.54 Å². The quantitative estimate of drug-likeness (QED) is 0.928. The predicted molar refractivity (Wildman–Crippen MR) is 80.7 cm³/mol. The molecule has 1 fully saturated rings. The molecule has 1 saturated heterocycles. The van der Waals surface area contributed by atoms with Crippen LogP contribution < -0.4 is 0 Å². The van der Waals surface area contributed by atoms with Crippen molar-refractivity contribution in [2.24, 2.45) is 0 Å². The third kappa shape index (κ3) is 2.90. The number of rotatable bonds is 4. The van der Waals surface area contributed by atoms with E-state index in [1.54, 1.807) is 10.8 Å². The van der Waals surface area contributed by atoms with Gasteiger partial charge in [0, 0.05) is 25.4 Å². The molecule has 1 N–H and O–H groups in total. The number of carbonyl (C=O) groups excluding carboxylic acids is 1. The number of hydrogen-bond acceptors (Lipinski definition) is 4. The van der Waals surface area contributed by atoms with Crippen LogP contribution in [-0.4, -0.2) is 44.7 Å². The first-order valence-corrected chi connectivity index (χ1v) is 7.29. The fourth-order valence-corrected chi connectivity index (χ4v) is 2.77. The summed E-state index contributed by atoms with van der Waals surface area (Å²) in [4.78, 5) is 29.3. The molecule has 2 aromatic rings. The Morgan fingerprint density at radius 1 is 1.30 bits per heavy atom. The Labute approximate surface area is 133 Å². The second-order valence-corrected chi connectivity index (χ2v) is 5.52. The lowest BCUT2D eigenvalue weighted by Gasteiger charge is -2.25. The molecule has 0 spiro atoms. The molecule has 2 heterocycles. The zero-order valence-electron chi connectivity index (χ0n) is 12.5. The summed E-state index contributed by atoms with van der Waals surface area (Å²) in [5.74, 6) is -0.978. The van der Waals surface area contributed by atoms with E-state index in [4.69, 9.17) is 4.74 Å². The maximum Gasteiger partial charge on any atom is 0.410 e. The number of aliphatic carboxylic acids is 1. The maximum atomic E-state index is 12.2. The molecular weight excluding hydrogens is 298 g/mol. The zero-order chi connectivity index (χ0) is 16.3. The van der Waals surface area contributed by atoms with Crippen molar-refractivity contribution in [1.82, 2.24) is 14.5 Å². The summed E-state index contributed by atoms with van der Waals surface area (Å²) in [5.41, 5.74) is -0.290. The molecule has 1 aromatic heterocycles. The van der Waals surface area contributed by atoms with E-state index >= 15 is 0 Å². The van der Waals surface area contributed by atoms with Crippen molar-refractivity contribution in [3.8, 4) is 0 Å². The first-order chi connectivity index (χ1) is 11.1. The highest BCUT2D eigenvalue weighted by Gasteiger charge is 2.48. The summed E-state index contributed by atoms with van der Waals surface area (Å²) in [6.45, 7) is 0.561. The minimum Gasteiger partial charge on any atom is -0.479 e. The summed E-state index contributed by atoms with van der Waals surface area (Å²) in [6, 6.07) is 9.35. The summed E-state index contributed by atoms with van der Waals surface area (Å²) in [5, 5.41) is 9.62. The highest BCUT2D eigenvalue weighted by Crippen LogP contribution is 2.30. The Hall–Kier alpha value is -2.83. The van der Waals surface area contributed by atoms with Crippen molar-refractivity contribution in [2.45, 2.75) is 18.6 Å². The van der Waals surface area contributed by atoms with Crippen molar-refractivity contribution < 1.29 is 19.4 Å². The van der Waals surface area contributed by atoms with Gasteiger partial charge in [0.1, 0.15) is 6.61 Å². The molecular formula is C16H17N3O4. The molecule has 1 aliphatic rings. The largest absolute Gasteiger partial charge is 0.479 e. The standard InChI is InChI=1S/C16H17N3O4/c20-14(21)16(19-9-7-17-12-19)6-8-18(11-16)15(22)23-10-13-4-2-1-3-5-13/h1-5,7,9,12H,6,8,10-11H2,(H,20,21). The average Bonchev–Trinajstić information content (AvgIpc) is 3.23. The van der Waals surface area contributed by atoms with Gasteiger partial charge in [-0.05, 0) is 5.56 Å². The number of likely N-dealkylation sites (tertiary alicyclic amines) is 1. The molecule has 1 atom stereocenters. The van der Waals surface area contributed by atoms with Crippen molar-refractivity contribution >= 4 is 12.1 Å². The Morgan fingerprint density at radius 2 is 2.09 bits per heavy atom. The number of carboxylic acids is 1. The van der Waals surface area contributed by atoms with E-state index in [1.165, 1.54) is 17.4 Å². The fraction of sp³-hybridized carbons (Fsp3) is 0.312. The van der Waals surface area contributed by atoms with Gasteiger partial charge in [-0.1, -0.05) is 30.3 Å². The van der Waals surface area contributed by atoms with Crippen molar-refractivity contribution in [3.05, 3.63) is 54.6 Å². The lowest BCUT2D eigenvalue weighted by atomic mass is 9.99. The third-order valence-corrected chi connectivity index (χ3v) is 4.11. The Kier molecular flexibility index (Phi) is 4.01. The highest BCUT2D eigenvalue weighted by molar-refractivity contribution is 5.79. The van der Waals surface area contributed by atoms with E-state index < -0.39 is 17.6 Å². The third-order valence-electron chi connectivity index (χ3n) is 4.11. The second kappa shape index (κ2) is 6.12. The fourth-order valence-electron chi connectivity index (χ4n) is 2.77. The van der Waals surface area contributed by atoms with E-state index in [2.05, 4.69) is 4.98 Å². The molecule has 1 unspecified atom stereocenters. The van der Waals surface area contributed by atoms with Crippen LogP contribution in [0, 0.1) is 0 Å². The van der Waals surface area contributed by atoms with Gasteiger partial charge in [-0.3, -0.25) is 0 Å². The molecule has 23 heavy (non-hydrogen) atoms. The molecule has 0 radical (unpaired) electrons. The SMILES string of the molecule is O=C(OCc1ccccc1)N1CCC(C(=O)O)(n2ccnc2)C1. The maximum absolute atomic E-state index is 12.2. The molecule has 7 nitrogen and oxygen atoms in total. The number of carboxylic acid groups (broad SMARTS) is 1. The number of benzene rings is 1. The number of amides is 1. The summed E-state index contributed by atoms with van der Waals surface area (Å²) < 4.78 is 6.81. The first kappa shape index (κ1) is 15.1. The van der Waals surface area contributed by atoms with Gasteiger partial charge in [0.2, 0.25) is 0 Å². The number of imidazole rings is 1. The average molecular weight is 315 g/mol. The molecule has 0 bridgehead atoms. The molecule has 1 aliphatic heterocycles. The van der Waals surface area contributed by atoms with Gasteiger partial charge in [-0.25, -0.2) is 14.6 Å². The van der Waals surface area contributed by atoms with Crippen LogP contribution >= 0.6 is 0 Å². The summed E-state index contributed by atoms with van der Waals surface area (Å²) in [6.07, 6.45) is 4.41. The van der Waals surface area contributed by atoms with Gasteiger partial charge in [0.25, 0.3) is 0 Å². The minimum absolute atomic E-state index is 0.0618. The molecule has 1 amide bonds. The van der Waals surface area contributed by atoms with Crippen LogP contribution in [0.25, 0.3) is 0 Å². The Balaban J connectivity index is 1.66. The molecule has 0 aliphatic carbocycles. The summed E-state index contributed by atoms with van der Waals surface area (Å²) >= 11 is 0. The zero-order valence-corrected chi connectivity index (χ0v) is 12.5. The van der Waals surface area contributed by atoms with Crippen LogP contribution in [0.3, 0.4) is 0 Å². The number of hydrogen-bond donors (Lipinski definition) is 1. The summed E-state index contributed by atoms with van der Waals surface area (Å²) in [7, 11) is 0. The predicted octanol–water partition coefficient (Wildman–Crippen LogP) is 1.71. The van der Waals surface area contributed by atoms with Crippen LogP contribution in [0.1, 0.15) is 12.0 Å². The van der Waals surface area contributed by atoms with E-state index in [1.807, 2.05) is 30.3 Å². The van der Waals surface area contributed by atoms with E-state index in [0.29, 0.717) is 13.0 Å². The first-order valence-electron chi connectivity index (χ1n) is 7.29. The van der Waals surface area contributed by atoms with Gasteiger partial charge in [-0.15, -0.1) is 0 Å². The van der Waals surface area contributed by atoms with Gasteiger partial charge in [-0.2, -0.15) is 0 Å². The van der Waals surface area contributed by atoms with Gasteiger partial charge >= 0.3 is 12.1 Å². The number of ether oxygens (including phenoxy) is 1. The molecule has 1 aromatic carbocycles. The molecule has 3 rings (SSSR count). The lowest BCUT2D eigenvalue weighted by Crippen LogP contribution is -2.44. The number of aromatic nitrogens is 2. The van der Waals surface area contributed by atoms with Crippen molar-refractivity contribution in [3.63, 3.8) is 0 Å². The number of nitrogens with zero attached hydrogens (tertiary/aromatic N) is 3. The minimum atomic E-state index is -1.18. The monoisotopic (exact) mass is 315 g/mol. The van der Waals surface area contributed by atoms with E-state index in [0.717, 1.165) is 5.56 Å². The lowest BCUT2D eigenvalue weighted by molar-refractivity contribution is -0.146. The van der Waals surface area contributed by atoms with Crippen LogP contribution in [0.4, 0.5) is 4.79 Å². The highest BCUT2D eigenvalue weighted by atomic mass is 16.6. The molecule has 120 valence electrons. The van der Waals surface area contributed by atoms with Crippen molar-refractivity contribution in [1.29, 1.82) is 0 Å². The van der Waals surface area contributed by atoms with Crippen molar-refractivity contribution in [2.75, 3.05) is 13.1 Å². The van der Waals surface area contributed by atoms with E-state index in [9.17, 15) is 14.7 Å². The van der Waals surface area contributed by atoms with Gasteiger partial charge < -0.3 is 19.3 Å². The van der Waals surface area contributed by atoms with Crippen LogP contribution in [-0.2, 0) is 21.7 Å². The van der Waals surface area contributed by atoms with Crippen LogP contribution in [0.15, 0.2) is 49.1 Å². The molecule has 7 heteroatoms. The Bertz CT molecular complexity index is 687. The van der Waals surface area contributed by atoms with Crippen LogP contribution in [0.2, 0.25) is 0 Å². The number of carbonyl (C=O) groups is 2. The second-order valence-electron chi connectivity index (χ2n) is 5.52.